The molecule has 2 unspecified atom stereocenters. The number of ether oxygens (including phenoxy) is 2. The number of hydrogen-bond acceptors (Lipinski definition) is 2. The molecule has 0 N–H and O–H groups in total. The fourth-order valence-corrected chi connectivity index (χ4v) is 3.83. The van der Waals surface area contributed by atoms with Gasteiger partial charge in [-0.1, -0.05) is 62.6 Å². The summed E-state index contributed by atoms with van der Waals surface area (Å²) < 4.78 is 12.9. The number of halogens is 1. The zero-order valence-corrected chi connectivity index (χ0v) is 17.5. The minimum atomic E-state index is 0.145. The molecule has 0 amide bonds. The van der Waals surface area contributed by atoms with E-state index in [1.54, 1.807) is 0 Å². The molecule has 2 atom stereocenters. The van der Waals surface area contributed by atoms with Crippen LogP contribution < -0.4 is 9.47 Å². The molecule has 2 nitrogen and oxygen atoms in total. The average molecular weight is 385 g/mol. The molecule has 0 radical (unpaired) electrons. The van der Waals surface area contributed by atoms with Crippen molar-refractivity contribution in [2.45, 2.75) is 65.6 Å². The summed E-state index contributed by atoms with van der Waals surface area (Å²) in [6.07, 6.45) is 4.53. The van der Waals surface area contributed by atoms with Gasteiger partial charge in [-0.05, 0) is 44.9 Å². The minimum absolute atomic E-state index is 0.145. The van der Waals surface area contributed by atoms with Crippen molar-refractivity contribution in [3.8, 4) is 11.5 Å². The fourth-order valence-electron chi connectivity index (χ4n) is 3.66. The third-order valence-electron chi connectivity index (χ3n) is 4.92. The first-order chi connectivity index (χ1) is 13.0. The lowest BCUT2D eigenvalue weighted by atomic mass is 10.00. The molecule has 0 aliphatic carbocycles. The van der Waals surface area contributed by atoms with Crippen molar-refractivity contribution in [3.63, 3.8) is 0 Å². The molecule has 0 aromatic heterocycles. The highest BCUT2D eigenvalue weighted by Gasteiger charge is 2.19. The summed E-state index contributed by atoms with van der Waals surface area (Å²) >= 11 is 6.35. The molecule has 0 aliphatic heterocycles. The van der Waals surface area contributed by atoms with Gasteiger partial charge in [0.2, 0.25) is 0 Å². The average Bonchev–Trinajstić information content (AvgIpc) is 2.64. The molecule has 3 rings (SSSR count). The molecule has 3 aromatic carbocycles. The van der Waals surface area contributed by atoms with Gasteiger partial charge in [-0.3, -0.25) is 0 Å². The first-order valence-corrected chi connectivity index (χ1v) is 10.4. The summed E-state index contributed by atoms with van der Waals surface area (Å²) in [5, 5.41) is 4.95. The van der Waals surface area contributed by atoms with Gasteiger partial charge in [0.1, 0.15) is 11.5 Å². The molecule has 0 saturated carbocycles. The zero-order chi connectivity index (χ0) is 19.4. The van der Waals surface area contributed by atoms with Crippen molar-refractivity contribution < 1.29 is 9.47 Å². The van der Waals surface area contributed by atoms with Gasteiger partial charge in [-0.25, -0.2) is 0 Å². The minimum Gasteiger partial charge on any atom is -0.489 e. The largest absolute Gasteiger partial charge is 0.489 e. The van der Waals surface area contributed by atoms with Gasteiger partial charge in [0, 0.05) is 26.6 Å². The van der Waals surface area contributed by atoms with Crippen molar-refractivity contribution in [1.82, 2.24) is 0 Å². The maximum Gasteiger partial charge on any atom is 0.135 e. The molecule has 3 aromatic rings. The Hall–Kier alpha value is -1.93. The molecule has 0 fully saturated rings. The second-order valence-corrected chi connectivity index (χ2v) is 7.76. The van der Waals surface area contributed by atoms with Crippen LogP contribution in [0, 0.1) is 0 Å². The Labute approximate surface area is 167 Å². The number of hydrogen-bond donors (Lipinski definition) is 0. The third-order valence-corrected chi connectivity index (χ3v) is 5.15. The predicted octanol–water partition coefficient (Wildman–Crippen LogP) is 7.78. The van der Waals surface area contributed by atoms with Crippen LogP contribution in [-0.2, 0) is 0 Å². The van der Waals surface area contributed by atoms with Crippen LogP contribution >= 0.6 is 11.6 Å². The highest BCUT2D eigenvalue weighted by molar-refractivity contribution is 6.31. The standard InChI is InChI=1S/C24H29ClO2/c1-5-9-16(3)26-23-19-11-7-8-12-20(19)24(27-17(4)10-6-2)22-15-18(25)13-14-21(22)23/h7-8,11-17H,5-6,9-10H2,1-4H3. The molecule has 144 valence electrons. The zero-order valence-electron chi connectivity index (χ0n) is 16.7. The highest BCUT2D eigenvalue weighted by atomic mass is 35.5. The van der Waals surface area contributed by atoms with Crippen molar-refractivity contribution in [2.75, 3.05) is 0 Å². The second-order valence-electron chi connectivity index (χ2n) is 7.33. The van der Waals surface area contributed by atoms with Gasteiger partial charge in [0.05, 0.1) is 12.2 Å². The van der Waals surface area contributed by atoms with E-state index in [0.717, 1.165) is 58.7 Å². The molecule has 0 bridgehead atoms. The van der Waals surface area contributed by atoms with E-state index in [9.17, 15) is 0 Å². The van der Waals surface area contributed by atoms with Gasteiger partial charge in [0.25, 0.3) is 0 Å². The Kier molecular flexibility index (Phi) is 6.49. The molecule has 0 spiro atoms. The number of benzene rings is 3. The molecule has 0 saturated heterocycles. The lowest BCUT2D eigenvalue weighted by Crippen LogP contribution is -2.13. The number of rotatable bonds is 8. The lowest BCUT2D eigenvalue weighted by Gasteiger charge is -2.22. The van der Waals surface area contributed by atoms with E-state index in [0.29, 0.717) is 5.02 Å². The molecule has 3 heteroatoms. The maximum absolute atomic E-state index is 6.43. The summed E-state index contributed by atoms with van der Waals surface area (Å²) in [4.78, 5) is 0. The Bertz CT molecular complexity index is 919. The smallest absolute Gasteiger partial charge is 0.135 e. The fraction of sp³-hybridized carbons (Fsp3) is 0.417. The Morgan fingerprint density at radius 3 is 1.74 bits per heavy atom. The Balaban J connectivity index is 2.26. The SMILES string of the molecule is CCCC(C)Oc1c2ccccc2c(OC(C)CCC)c2cc(Cl)ccc12. The summed E-state index contributed by atoms with van der Waals surface area (Å²) in [6.45, 7) is 8.62. The summed E-state index contributed by atoms with van der Waals surface area (Å²) in [5.41, 5.74) is 0. The van der Waals surface area contributed by atoms with Crippen LogP contribution in [0.1, 0.15) is 53.4 Å². The molecular weight excluding hydrogens is 356 g/mol. The normalized spacial score (nSPS) is 13.7. The van der Waals surface area contributed by atoms with E-state index < -0.39 is 0 Å². The number of fused-ring (bicyclic) bond motifs is 2. The first-order valence-electron chi connectivity index (χ1n) is 10.0. The predicted molar refractivity (Wildman–Crippen MR) is 116 cm³/mol. The monoisotopic (exact) mass is 384 g/mol. The van der Waals surface area contributed by atoms with E-state index in [1.807, 2.05) is 12.1 Å². The second kappa shape index (κ2) is 8.84. The summed E-state index contributed by atoms with van der Waals surface area (Å²) in [6, 6.07) is 14.3. The molecule has 27 heavy (non-hydrogen) atoms. The Morgan fingerprint density at radius 2 is 1.22 bits per heavy atom. The van der Waals surface area contributed by atoms with E-state index in [2.05, 4.69) is 58.0 Å². The van der Waals surface area contributed by atoms with Crippen LogP contribution in [0.4, 0.5) is 0 Å². The Morgan fingerprint density at radius 1 is 0.741 bits per heavy atom. The molecule has 0 aliphatic rings. The van der Waals surface area contributed by atoms with Gasteiger partial charge >= 0.3 is 0 Å². The van der Waals surface area contributed by atoms with Crippen LogP contribution in [0.3, 0.4) is 0 Å². The third kappa shape index (κ3) is 4.32. The quantitative estimate of drug-likeness (QED) is 0.369. The van der Waals surface area contributed by atoms with Gasteiger partial charge in [-0.2, -0.15) is 0 Å². The van der Waals surface area contributed by atoms with E-state index in [-0.39, 0.29) is 12.2 Å². The van der Waals surface area contributed by atoms with Gasteiger partial charge < -0.3 is 9.47 Å². The lowest BCUT2D eigenvalue weighted by molar-refractivity contribution is 0.211. The van der Waals surface area contributed by atoms with E-state index in [1.165, 1.54) is 0 Å². The molecular formula is C24H29ClO2. The molecule has 0 heterocycles. The van der Waals surface area contributed by atoms with Crippen LogP contribution in [0.5, 0.6) is 11.5 Å². The topological polar surface area (TPSA) is 18.5 Å². The van der Waals surface area contributed by atoms with Crippen LogP contribution in [0.2, 0.25) is 5.02 Å². The van der Waals surface area contributed by atoms with Crippen LogP contribution in [-0.4, -0.2) is 12.2 Å². The maximum atomic E-state index is 6.43. The van der Waals surface area contributed by atoms with Crippen LogP contribution in [0.25, 0.3) is 21.5 Å². The van der Waals surface area contributed by atoms with E-state index >= 15 is 0 Å². The summed E-state index contributed by atoms with van der Waals surface area (Å²) in [5.74, 6) is 1.83. The highest BCUT2D eigenvalue weighted by Crippen LogP contribution is 2.44. The van der Waals surface area contributed by atoms with Crippen molar-refractivity contribution in [1.29, 1.82) is 0 Å². The van der Waals surface area contributed by atoms with E-state index in [4.69, 9.17) is 21.1 Å². The van der Waals surface area contributed by atoms with Crippen LogP contribution in [0.15, 0.2) is 42.5 Å². The van der Waals surface area contributed by atoms with Gasteiger partial charge in [-0.15, -0.1) is 0 Å². The van der Waals surface area contributed by atoms with Crippen molar-refractivity contribution in [3.05, 3.63) is 47.5 Å². The van der Waals surface area contributed by atoms with Gasteiger partial charge in [0.15, 0.2) is 0 Å². The summed E-state index contributed by atoms with van der Waals surface area (Å²) in [7, 11) is 0. The van der Waals surface area contributed by atoms with Crippen molar-refractivity contribution in [2.24, 2.45) is 0 Å². The van der Waals surface area contributed by atoms with Crippen molar-refractivity contribution >= 4 is 33.1 Å². The first kappa shape index (κ1) is 19.8.